The van der Waals surface area contributed by atoms with Gasteiger partial charge in [-0.15, -0.1) is 0 Å². The van der Waals surface area contributed by atoms with Gasteiger partial charge in [0.2, 0.25) is 5.91 Å². The van der Waals surface area contributed by atoms with Crippen LogP contribution < -0.4 is 9.47 Å². The van der Waals surface area contributed by atoms with Crippen LogP contribution in [0.4, 0.5) is 0 Å². The van der Waals surface area contributed by atoms with Crippen molar-refractivity contribution in [2.75, 3.05) is 39.9 Å². The predicted molar refractivity (Wildman–Crippen MR) is 115 cm³/mol. The third-order valence-electron chi connectivity index (χ3n) is 5.30. The summed E-state index contributed by atoms with van der Waals surface area (Å²) in [4.78, 5) is 16.8. The van der Waals surface area contributed by atoms with Crippen molar-refractivity contribution in [2.45, 2.75) is 19.4 Å². The van der Waals surface area contributed by atoms with E-state index in [2.05, 4.69) is 17.0 Å². The normalized spacial score (nSPS) is 13.8. The minimum Gasteiger partial charge on any atom is -0.493 e. The first-order valence-corrected chi connectivity index (χ1v) is 10.3. The van der Waals surface area contributed by atoms with Gasteiger partial charge in [-0.3, -0.25) is 9.69 Å². The molecule has 7 heteroatoms. The molecule has 2 aromatic carbocycles. The van der Waals surface area contributed by atoms with Crippen LogP contribution in [0.5, 0.6) is 11.5 Å². The monoisotopic (exact) mass is 418 g/mol. The van der Waals surface area contributed by atoms with E-state index in [4.69, 9.17) is 20.0 Å². The van der Waals surface area contributed by atoms with Crippen molar-refractivity contribution < 1.29 is 14.3 Å². The summed E-state index contributed by atoms with van der Waals surface area (Å²) in [6, 6.07) is 16.9. The van der Waals surface area contributed by atoms with Crippen LogP contribution in [0.1, 0.15) is 29.5 Å². The molecular weight excluding hydrogens is 392 g/mol. The van der Waals surface area contributed by atoms with Crippen LogP contribution in [0.2, 0.25) is 0 Å². The van der Waals surface area contributed by atoms with Gasteiger partial charge in [-0.1, -0.05) is 12.1 Å². The van der Waals surface area contributed by atoms with Crippen molar-refractivity contribution >= 4 is 5.91 Å². The van der Waals surface area contributed by atoms with Gasteiger partial charge in [0.1, 0.15) is 0 Å². The van der Waals surface area contributed by atoms with E-state index in [1.54, 1.807) is 18.2 Å². The van der Waals surface area contributed by atoms with Crippen molar-refractivity contribution in [1.29, 1.82) is 10.5 Å². The molecule has 0 atom stereocenters. The van der Waals surface area contributed by atoms with Crippen LogP contribution in [0.3, 0.4) is 0 Å². The highest BCUT2D eigenvalue weighted by Gasteiger charge is 2.20. The number of carbonyl (C=O) groups excluding carboxylic acids is 1. The minimum atomic E-state index is 0.147. The van der Waals surface area contributed by atoms with E-state index in [0.29, 0.717) is 42.1 Å². The van der Waals surface area contributed by atoms with Crippen molar-refractivity contribution in [2.24, 2.45) is 0 Å². The molecule has 1 heterocycles. The summed E-state index contributed by atoms with van der Waals surface area (Å²) in [5.41, 5.74) is 2.35. The van der Waals surface area contributed by atoms with E-state index in [1.807, 2.05) is 29.2 Å². The highest BCUT2D eigenvalue weighted by atomic mass is 16.5. The maximum Gasteiger partial charge on any atom is 0.222 e. The summed E-state index contributed by atoms with van der Waals surface area (Å²) in [5.74, 6) is 1.24. The molecule has 0 bridgehead atoms. The molecule has 0 aliphatic carbocycles. The van der Waals surface area contributed by atoms with Crippen LogP contribution in [-0.4, -0.2) is 55.6 Å². The van der Waals surface area contributed by atoms with Crippen LogP contribution in [-0.2, 0) is 11.3 Å². The van der Waals surface area contributed by atoms with Gasteiger partial charge in [-0.2, -0.15) is 10.5 Å². The maximum absolute atomic E-state index is 12.5. The van der Waals surface area contributed by atoms with E-state index < -0.39 is 0 Å². The van der Waals surface area contributed by atoms with Crippen LogP contribution in [0.15, 0.2) is 42.5 Å². The second-order valence-electron chi connectivity index (χ2n) is 7.40. The SMILES string of the molecule is COc1cc(C#N)ccc1OCCCC(=O)N1CCN(Cc2ccc(C#N)cc2)CC1. The van der Waals surface area contributed by atoms with Gasteiger partial charge in [0, 0.05) is 45.2 Å². The lowest BCUT2D eigenvalue weighted by molar-refractivity contribution is -0.133. The molecule has 3 rings (SSSR count). The van der Waals surface area contributed by atoms with Crippen molar-refractivity contribution in [1.82, 2.24) is 9.80 Å². The zero-order chi connectivity index (χ0) is 22.1. The van der Waals surface area contributed by atoms with Gasteiger partial charge in [0.25, 0.3) is 0 Å². The number of benzene rings is 2. The number of ether oxygens (including phenoxy) is 2. The summed E-state index contributed by atoms with van der Waals surface area (Å²) in [5, 5.41) is 17.8. The highest BCUT2D eigenvalue weighted by Crippen LogP contribution is 2.28. The Labute approximate surface area is 183 Å². The minimum absolute atomic E-state index is 0.147. The molecule has 31 heavy (non-hydrogen) atoms. The topological polar surface area (TPSA) is 89.6 Å². The molecule has 0 spiro atoms. The van der Waals surface area contributed by atoms with Gasteiger partial charge in [-0.05, 0) is 36.2 Å². The Hall–Kier alpha value is -3.55. The Bertz CT molecular complexity index is 968. The van der Waals surface area contributed by atoms with Crippen molar-refractivity contribution in [3.8, 4) is 23.6 Å². The first-order chi connectivity index (χ1) is 15.1. The summed E-state index contributed by atoms with van der Waals surface area (Å²) in [6.07, 6.45) is 1.06. The molecule has 160 valence electrons. The number of hydrogen-bond acceptors (Lipinski definition) is 6. The quantitative estimate of drug-likeness (QED) is 0.613. The third-order valence-corrected chi connectivity index (χ3v) is 5.30. The fraction of sp³-hybridized carbons (Fsp3) is 0.375. The Morgan fingerprint density at radius 1 is 0.968 bits per heavy atom. The molecule has 1 aliphatic rings. The second-order valence-corrected chi connectivity index (χ2v) is 7.40. The van der Waals surface area contributed by atoms with E-state index in [9.17, 15) is 4.79 Å². The predicted octanol–water partition coefficient (Wildman–Crippen LogP) is 2.94. The standard InChI is InChI=1S/C24H26N4O3/c1-30-23-15-21(17-26)8-9-22(23)31-14-2-3-24(29)28-12-10-27(11-13-28)18-20-6-4-19(16-25)5-7-20/h4-9,15H,2-3,10-14,18H2,1H3. The van der Waals surface area contributed by atoms with E-state index >= 15 is 0 Å². The van der Waals surface area contributed by atoms with Gasteiger partial charge in [0.15, 0.2) is 11.5 Å². The van der Waals surface area contributed by atoms with Gasteiger partial charge >= 0.3 is 0 Å². The first kappa shape index (κ1) is 22.1. The summed E-state index contributed by atoms with van der Waals surface area (Å²) in [6.45, 7) is 4.36. The molecule has 0 saturated carbocycles. The number of rotatable bonds is 8. The molecule has 1 saturated heterocycles. The summed E-state index contributed by atoms with van der Waals surface area (Å²) in [7, 11) is 1.54. The molecule has 1 aliphatic heterocycles. The second kappa shape index (κ2) is 11.0. The molecule has 2 aromatic rings. The lowest BCUT2D eigenvalue weighted by Crippen LogP contribution is -2.48. The Balaban J connectivity index is 1.37. The van der Waals surface area contributed by atoms with Crippen molar-refractivity contribution in [3.05, 3.63) is 59.2 Å². The van der Waals surface area contributed by atoms with Gasteiger partial charge in [0.05, 0.1) is 37.0 Å². The van der Waals surface area contributed by atoms with E-state index in [0.717, 1.165) is 32.7 Å². The average molecular weight is 418 g/mol. The molecule has 0 N–H and O–H groups in total. The number of amides is 1. The zero-order valence-corrected chi connectivity index (χ0v) is 17.7. The molecule has 1 fully saturated rings. The molecule has 1 amide bonds. The fourth-order valence-corrected chi connectivity index (χ4v) is 3.52. The number of nitriles is 2. The number of piperazine rings is 1. The highest BCUT2D eigenvalue weighted by molar-refractivity contribution is 5.76. The number of nitrogens with zero attached hydrogens (tertiary/aromatic N) is 4. The summed E-state index contributed by atoms with van der Waals surface area (Å²) >= 11 is 0. The third kappa shape index (κ3) is 6.21. The number of carbonyl (C=O) groups is 1. The lowest BCUT2D eigenvalue weighted by atomic mass is 10.1. The first-order valence-electron chi connectivity index (χ1n) is 10.3. The van der Waals surface area contributed by atoms with Gasteiger partial charge < -0.3 is 14.4 Å². The number of methoxy groups -OCH3 is 1. The Morgan fingerprint density at radius 3 is 2.29 bits per heavy atom. The van der Waals surface area contributed by atoms with Gasteiger partial charge in [-0.25, -0.2) is 0 Å². The van der Waals surface area contributed by atoms with Crippen LogP contribution >= 0.6 is 0 Å². The van der Waals surface area contributed by atoms with E-state index in [-0.39, 0.29) is 5.91 Å². The Morgan fingerprint density at radius 2 is 1.65 bits per heavy atom. The largest absolute Gasteiger partial charge is 0.493 e. The maximum atomic E-state index is 12.5. The van der Waals surface area contributed by atoms with Crippen LogP contribution in [0.25, 0.3) is 0 Å². The smallest absolute Gasteiger partial charge is 0.222 e. The lowest BCUT2D eigenvalue weighted by Gasteiger charge is -2.34. The Kier molecular flexibility index (Phi) is 7.86. The zero-order valence-electron chi connectivity index (χ0n) is 17.7. The molecule has 0 radical (unpaired) electrons. The summed E-state index contributed by atoms with van der Waals surface area (Å²) < 4.78 is 11.0. The molecule has 7 nitrogen and oxygen atoms in total. The van der Waals surface area contributed by atoms with Crippen LogP contribution in [0, 0.1) is 22.7 Å². The average Bonchev–Trinajstić information content (AvgIpc) is 2.82. The molecular formula is C24H26N4O3. The van der Waals surface area contributed by atoms with Crippen molar-refractivity contribution in [3.63, 3.8) is 0 Å². The molecule has 0 aromatic heterocycles. The molecule has 0 unspecified atom stereocenters. The fourth-order valence-electron chi connectivity index (χ4n) is 3.52. The number of hydrogen-bond donors (Lipinski definition) is 0. The van der Waals surface area contributed by atoms with E-state index in [1.165, 1.54) is 12.7 Å².